The Bertz CT molecular complexity index is 558. The van der Waals surface area contributed by atoms with Crippen molar-refractivity contribution in [3.05, 3.63) is 16.1 Å². The second-order valence-electron chi connectivity index (χ2n) is 4.57. The van der Waals surface area contributed by atoms with E-state index in [9.17, 15) is 0 Å². The Morgan fingerprint density at radius 1 is 1.41 bits per heavy atom. The summed E-state index contributed by atoms with van der Waals surface area (Å²) in [6.07, 6.45) is 5.93. The summed E-state index contributed by atoms with van der Waals surface area (Å²) in [7, 11) is 0. The van der Waals surface area contributed by atoms with Crippen molar-refractivity contribution < 1.29 is 0 Å². The number of halogens is 1. The van der Waals surface area contributed by atoms with Crippen LogP contribution in [0.1, 0.15) is 18.9 Å². The van der Waals surface area contributed by atoms with Crippen LogP contribution >= 0.6 is 22.6 Å². The van der Waals surface area contributed by atoms with Gasteiger partial charge in [0, 0.05) is 15.8 Å². The highest BCUT2D eigenvalue weighted by Gasteiger charge is 2.31. The Morgan fingerprint density at radius 3 is 2.88 bits per heavy atom. The van der Waals surface area contributed by atoms with Gasteiger partial charge >= 0.3 is 0 Å². The molecule has 17 heavy (non-hydrogen) atoms. The molecule has 0 spiro atoms. The van der Waals surface area contributed by atoms with E-state index in [1.54, 1.807) is 0 Å². The van der Waals surface area contributed by atoms with E-state index in [4.69, 9.17) is 11.5 Å². The van der Waals surface area contributed by atoms with Gasteiger partial charge in [-0.3, -0.25) is 0 Å². The van der Waals surface area contributed by atoms with Gasteiger partial charge in [-0.1, -0.05) is 0 Å². The quantitative estimate of drug-likeness (QED) is 0.810. The van der Waals surface area contributed by atoms with Crippen LogP contribution in [0.4, 0.5) is 5.82 Å². The third kappa shape index (κ3) is 1.70. The number of anilines is 1. The summed E-state index contributed by atoms with van der Waals surface area (Å²) in [6.45, 7) is 0.782. The number of hydrogen-bond acceptors (Lipinski definition) is 4. The lowest BCUT2D eigenvalue weighted by Crippen LogP contribution is -2.31. The molecule has 5 nitrogen and oxygen atoms in total. The molecule has 0 aliphatic heterocycles. The summed E-state index contributed by atoms with van der Waals surface area (Å²) in [4.78, 5) is 8.40. The van der Waals surface area contributed by atoms with E-state index in [1.165, 1.54) is 6.33 Å². The minimum atomic E-state index is 0.517. The molecule has 1 saturated carbocycles. The van der Waals surface area contributed by atoms with Crippen molar-refractivity contribution in [1.82, 2.24) is 14.5 Å². The van der Waals surface area contributed by atoms with Crippen LogP contribution in [0.15, 0.2) is 12.5 Å². The lowest BCUT2D eigenvalue weighted by Gasteiger charge is -2.35. The van der Waals surface area contributed by atoms with Gasteiger partial charge in [0.2, 0.25) is 0 Å². The van der Waals surface area contributed by atoms with Gasteiger partial charge in [-0.2, -0.15) is 0 Å². The molecule has 0 atom stereocenters. The van der Waals surface area contributed by atoms with Gasteiger partial charge < -0.3 is 16.0 Å². The van der Waals surface area contributed by atoms with Crippen molar-refractivity contribution >= 4 is 39.4 Å². The fraction of sp³-hybridized carbons (Fsp3) is 0.455. The molecule has 4 N–H and O–H groups in total. The first kappa shape index (κ1) is 11.2. The molecule has 1 fully saturated rings. The van der Waals surface area contributed by atoms with Crippen molar-refractivity contribution in [2.45, 2.75) is 18.9 Å². The van der Waals surface area contributed by atoms with Crippen LogP contribution in [-0.4, -0.2) is 21.1 Å². The molecule has 3 rings (SSSR count). The second-order valence-corrected chi connectivity index (χ2v) is 5.73. The van der Waals surface area contributed by atoms with E-state index >= 15 is 0 Å². The third-order valence-electron chi connectivity index (χ3n) is 3.53. The van der Waals surface area contributed by atoms with E-state index in [1.807, 2.05) is 0 Å². The summed E-state index contributed by atoms with van der Waals surface area (Å²) in [5, 5.41) is 0.976. The van der Waals surface area contributed by atoms with E-state index < -0.39 is 0 Å². The summed E-state index contributed by atoms with van der Waals surface area (Å²) in [6, 6.07) is 0.517. The number of nitrogens with two attached hydrogens (primary N) is 2. The SMILES string of the molecule is NCC1CC(n2cc(I)c3c(N)ncnc32)C1. The lowest BCUT2D eigenvalue weighted by atomic mass is 9.80. The van der Waals surface area contributed by atoms with Crippen molar-refractivity contribution in [1.29, 1.82) is 0 Å². The number of fused-ring (bicyclic) bond motifs is 1. The molecule has 90 valence electrons. The Kier molecular flexibility index (Phi) is 2.70. The highest BCUT2D eigenvalue weighted by atomic mass is 127. The molecule has 2 aromatic rings. The van der Waals surface area contributed by atoms with Crippen molar-refractivity contribution in [3.8, 4) is 0 Å². The number of nitrogens with zero attached hydrogens (tertiary/aromatic N) is 3. The van der Waals surface area contributed by atoms with Crippen LogP contribution in [0.3, 0.4) is 0 Å². The molecule has 2 aromatic heterocycles. The van der Waals surface area contributed by atoms with Crippen molar-refractivity contribution in [2.75, 3.05) is 12.3 Å². The number of nitrogen functional groups attached to an aromatic ring is 1. The molecule has 2 heterocycles. The zero-order valence-electron chi connectivity index (χ0n) is 9.31. The smallest absolute Gasteiger partial charge is 0.146 e. The highest BCUT2D eigenvalue weighted by molar-refractivity contribution is 14.1. The fourth-order valence-electron chi connectivity index (χ4n) is 2.46. The third-order valence-corrected chi connectivity index (χ3v) is 4.35. The molecule has 6 heteroatoms. The maximum Gasteiger partial charge on any atom is 0.146 e. The van der Waals surface area contributed by atoms with Crippen LogP contribution in [0.5, 0.6) is 0 Å². The van der Waals surface area contributed by atoms with Crippen LogP contribution in [0.25, 0.3) is 11.0 Å². The molecule has 0 amide bonds. The molecule has 0 bridgehead atoms. The van der Waals surface area contributed by atoms with E-state index in [2.05, 4.69) is 43.3 Å². The average molecular weight is 343 g/mol. The largest absolute Gasteiger partial charge is 0.383 e. The number of aromatic nitrogens is 3. The number of rotatable bonds is 2. The molecule has 0 radical (unpaired) electrons. The minimum Gasteiger partial charge on any atom is -0.383 e. The molecule has 1 aliphatic rings. The Balaban J connectivity index is 2.04. The van der Waals surface area contributed by atoms with E-state index in [-0.39, 0.29) is 0 Å². The summed E-state index contributed by atoms with van der Waals surface area (Å²) < 4.78 is 3.34. The van der Waals surface area contributed by atoms with E-state index in [0.29, 0.717) is 17.8 Å². The average Bonchev–Trinajstić information content (AvgIpc) is 2.56. The van der Waals surface area contributed by atoms with Crippen LogP contribution in [-0.2, 0) is 0 Å². The molecule has 0 unspecified atom stereocenters. The van der Waals surface area contributed by atoms with Gasteiger partial charge in [0.1, 0.15) is 17.8 Å². The van der Waals surface area contributed by atoms with Crippen LogP contribution in [0.2, 0.25) is 0 Å². The Hall–Kier alpha value is -0.890. The first-order valence-corrected chi connectivity index (χ1v) is 6.75. The molecule has 0 saturated heterocycles. The predicted octanol–water partition coefficient (Wildman–Crippen LogP) is 1.53. The van der Waals surface area contributed by atoms with Crippen molar-refractivity contribution in [3.63, 3.8) is 0 Å². The fourth-order valence-corrected chi connectivity index (χ4v) is 3.28. The second kappa shape index (κ2) is 4.09. The maximum absolute atomic E-state index is 5.89. The van der Waals surface area contributed by atoms with Crippen LogP contribution < -0.4 is 11.5 Å². The minimum absolute atomic E-state index is 0.517. The molecule has 0 aromatic carbocycles. The van der Waals surface area contributed by atoms with Gasteiger partial charge in [-0.25, -0.2) is 9.97 Å². The molecule has 1 aliphatic carbocycles. The summed E-state index contributed by atoms with van der Waals surface area (Å²) >= 11 is 2.29. The molecular weight excluding hydrogens is 329 g/mol. The standard InChI is InChI=1S/C11H14IN5/c12-8-4-17(7-1-6(2-7)3-13)11-9(8)10(14)15-5-16-11/h4-7H,1-3,13H2,(H2,14,15,16). The zero-order valence-corrected chi connectivity index (χ0v) is 11.5. The first-order chi connectivity index (χ1) is 8.20. The summed E-state index contributed by atoms with van der Waals surface area (Å²) in [5.41, 5.74) is 12.5. The van der Waals surface area contributed by atoms with Crippen molar-refractivity contribution in [2.24, 2.45) is 11.7 Å². The Labute approximate surface area is 113 Å². The normalized spacial score (nSPS) is 23.9. The van der Waals surface area contributed by atoms with Crippen LogP contribution in [0, 0.1) is 9.49 Å². The topological polar surface area (TPSA) is 82.8 Å². The van der Waals surface area contributed by atoms with Gasteiger partial charge in [0.15, 0.2) is 0 Å². The Morgan fingerprint density at radius 2 is 2.18 bits per heavy atom. The lowest BCUT2D eigenvalue weighted by molar-refractivity contribution is 0.208. The van der Waals surface area contributed by atoms with Gasteiger partial charge in [-0.05, 0) is 47.9 Å². The maximum atomic E-state index is 5.89. The summed E-state index contributed by atoms with van der Waals surface area (Å²) in [5.74, 6) is 1.22. The predicted molar refractivity (Wildman–Crippen MR) is 75.5 cm³/mol. The molecular formula is C11H14IN5. The number of hydrogen-bond donors (Lipinski definition) is 2. The van der Waals surface area contributed by atoms with E-state index in [0.717, 1.165) is 34.0 Å². The monoisotopic (exact) mass is 343 g/mol. The van der Waals surface area contributed by atoms with Gasteiger partial charge in [0.25, 0.3) is 0 Å². The first-order valence-electron chi connectivity index (χ1n) is 5.67. The van der Waals surface area contributed by atoms with Gasteiger partial charge in [0.05, 0.1) is 5.39 Å². The highest BCUT2D eigenvalue weighted by Crippen LogP contribution is 2.40. The van der Waals surface area contributed by atoms with Gasteiger partial charge in [-0.15, -0.1) is 0 Å². The zero-order chi connectivity index (χ0) is 12.0.